The van der Waals surface area contributed by atoms with Gasteiger partial charge < -0.3 is 10.2 Å². The van der Waals surface area contributed by atoms with Gasteiger partial charge in [-0.3, -0.25) is 0 Å². The van der Waals surface area contributed by atoms with Gasteiger partial charge in [-0.15, -0.1) is 0 Å². The normalized spacial score (nSPS) is 24.5. The van der Waals surface area contributed by atoms with E-state index in [0.29, 0.717) is 6.04 Å². The molecule has 3 heteroatoms. The molecule has 1 aliphatic rings. The predicted octanol–water partition coefficient (Wildman–Crippen LogP) is 2.98. The van der Waals surface area contributed by atoms with E-state index in [9.17, 15) is 0 Å². The number of rotatable bonds is 7. The zero-order valence-electron chi connectivity index (χ0n) is 11.9. The molecule has 1 fully saturated rings. The lowest BCUT2D eigenvalue weighted by molar-refractivity contribution is 0.282. The molecule has 2 unspecified atom stereocenters. The van der Waals surface area contributed by atoms with Crippen molar-refractivity contribution in [3.05, 3.63) is 0 Å². The van der Waals surface area contributed by atoms with Crippen LogP contribution in [0.25, 0.3) is 0 Å². The molecule has 1 N–H and O–H groups in total. The van der Waals surface area contributed by atoms with Gasteiger partial charge in [0.1, 0.15) is 0 Å². The summed E-state index contributed by atoms with van der Waals surface area (Å²) in [6.07, 6.45) is 5.36. The Hall–Kier alpha value is 0.270. The highest BCUT2D eigenvalue weighted by Crippen LogP contribution is 2.13. The summed E-state index contributed by atoms with van der Waals surface area (Å²) in [4.78, 5) is 2.63. The fraction of sp³-hybridized carbons (Fsp3) is 1.00. The molecule has 0 aromatic heterocycles. The molecular formula is C14H30N2S. The summed E-state index contributed by atoms with van der Waals surface area (Å²) >= 11 is 2.05. The van der Waals surface area contributed by atoms with Crippen molar-refractivity contribution in [2.75, 3.05) is 31.1 Å². The van der Waals surface area contributed by atoms with Gasteiger partial charge in [-0.25, -0.2) is 0 Å². The number of thioether (sulfide) groups is 1. The number of nitrogens with zero attached hydrogens (tertiary/aromatic N) is 1. The van der Waals surface area contributed by atoms with Gasteiger partial charge in [0, 0.05) is 17.8 Å². The van der Waals surface area contributed by atoms with E-state index >= 15 is 0 Å². The first kappa shape index (κ1) is 15.3. The topological polar surface area (TPSA) is 15.3 Å². The van der Waals surface area contributed by atoms with Gasteiger partial charge >= 0.3 is 0 Å². The predicted molar refractivity (Wildman–Crippen MR) is 80.0 cm³/mol. The number of hydrogen-bond donors (Lipinski definition) is 1. The third kappa shape index (κ3) is 6.68. The zero-order valence-corrected chi connectivity index (χ0v) is 12.7. The third-order valence-electron chi connectivity index (χ3n) is 3.45. The minimum absolute atomic E-state index is 0.669. The van der Waals surface area contributed by atoms with Gasteiger partial charge in [0.05, 0.1) is 0 Å². The van der Waals surface area contributed by atoms with Crippen molar-refractivity contribution in [3.63, 3.8) is 0 Å². The molecule has 1 saturated heterocycles. The summed E-state index contributed by atoms with van der Waals surface area (Å²) in [5.74, 6) is 2.49. The number of likely N-dealkylation sites (tertiary alicyclic amines) is 1. The molecule has 0 saturated carbocycles. The Balaban J connectivity index is 2.21. The van der Waals surface area contributed by atoms with Crippen molar-refractivity contribution in [2.24, 2.45) is 0 Å². The Bertz CT molecular complexity index is 187. The second kappa shape index (κ2) is 9.23. The number of nitrogens with one attached hydrogen (secondary N) is 1. The maximum Gasteiger partial charge on any atom is 0.0132 e. The Kier molecular flexibility index (Phi) is 8.33. The van der Waals surface area contributed by atoms with Gasteiger partial charge in [0.2, 0.25) is 0 Å². The highest BCUT2D eigenvalue weighted by atomic mass is 32.2. The van der Waals surface area contributed by atoms with Gasteiger partial charge in [-0.1, -0.05) is 13.8 Å². The van der Waals surface area contributed by atoms with Crippen molar-refractivity contribution in [3.8, 4) is 0 Å². The van der Waals surface area contributed by atoms with Crippen LogP contribution in [0.2, 0.25) is 0 Å². The van der Waals surface area contributed by atoms with Crippen LogP contribution in [0.15, 0.2) is 0 Å². The van der Waals surface area contributed by atoms with Crippen LogP contribution in [0, 0.1) is 0 Å². The van der Waals surface area contributed by atoms with E-state index < -0.39 is 0 Å². The Morgan fingerprint density at radius 3 is 2.82 bits per heavy atom. The summed E-state index contributed by atoms with van der Waals surface area (Å²) < 4.78 is 0. The average Bonchev–Trinajstić information content (AvgIpc) is 2.53. The molecule has 0 aromatic carbocycles. The van der Waals surface area contributed by atoms with Crippen molar-refractivity contribution in [2.45, 2.75) is 58.5 Å². The van der Waals surface area contributed by atoms with Crippen molar-refractivity contribution < 1.29 is 0 Å². The van der Waals surface area contributed by atoms with E-state index in [2.05, 4.69) is 31.0 Å². The first-order chi connectivity index (χ1) is 8.26. The standard InChI is InChI=1S/C14H30N2S/c1-4-9-16-10-6-7-14(8-11-16)15-13(3)12-17-5-2/h13-15H,4-12H2,1-3H3. The van der Waals surface area contributed by atoms with Crippen LogP contribution >= 0.6 is 11.8 Å². The van der Waals surface area contributed by atoms with Crippen LogP contribution in [0.4, 0.5) is 0 Å². The van der Waals surface area contributed by atoms with E-state index in [1.165, 1.54) is 56.8 Å². The molecule has 0 spiro atoms. The van der Waals surface area contributed by atoms with Crippen LogP contribution in [-0.2, 0) is 0 Å². The molecule has 0 aliphatic carbocycles. The second-order valence-electron chi connectivity index (χ2n) is 5.20. The average molecular weight is 258 g/mol. The van der Waals surface area contributed by atoms with Crippen molar-refractivity contribution in [1.29, 1.82) is 0 Å². The van der Waals surface area contributed by atoms with Gasteiger partial charge in [0.25, 0.3) is 0 Å². The van der Waals surface area contributed by atoms with Crippen LogP contribution < -0.4 is 5.32 Å². The maximum absolute atomic E-state index is 3.81. The number of hydrogen-bond acceptors (Lipinski definition) is 3. The van der Waals surface area contributed by atoms with E-state index in [1.54, 1.807) is 0 Å². The quantitative estimate of drug-likeness (QED) is 0.756. The first-order valence-electron chi connectivity index (χ1n) is 7.32. The lowest BCUT2D eigenvalue weighted by atomic mass is 10.1. The molecule has 102 valence electrons. The Morgan fingerprint density at radius 2 is 2.12 bits per heavy atom. The van der Waals surface area contributed by atoms with Crippen LogP contribution in [0.3, 0.4) is 0 Å². The molecule has 0 radical (unpaired) electrons. The zero-order chi connectivity index (χ0) is 12.5. The molecule has 0 aromatic rings. The molecule has 1 rings (SSSR count). The molecule has 1 heterocycles. The minimum atomic E-state index is 0.669. The van der Waals surface area contributed by atoms with Crippen molar-refractivity contribution >= 4 is 11.8 Å². The molecular weight excluding hydrogens is 228 g/mol. The SMILES string of the molecule is CCCN1CCCC(NC(C)CSCC)CC1. The van der Waals surface area contributed by atoms with Gasteiger partial charge in [-0.2, -0.15) is 11.8 Å². The first-order valence-corrected chi connectivity index (χ1v) is 8.47. The fourth-order valence-corrected chi connectivity index (χ4v) is 3.29. The van der Waals surface area contributed by atoms with E-state index in [-0.39, 0.29) is 0 Å². The molecule has 0 amide bonds. The Labute approximate surface area is 112 Å². The molecule has 2 atom stereocenters. The highest BCUT2D eigenvalue weighted by molar-refractivity contribution is 7.99. The Morgan fingerprint density at radius 1 is 1.29 bits per heavy atom. The minimum Gasteiger partial charge on any atom is -0.311 e. The summed E-state index contributed by atoms with van der Waals surface area (Å²) in [5.41, 5.74) is 0. The summed E-state index contributed by atoms with van der Waals surface area (Å²) in [6, 6.07) is 1.42. The largest absolute Gasteiger partial charge is 0.311 e. The molecule has 2 nitrogen and oxygen atoms in total. The lowest BCUT2D eigenvalue weighted by Gasteiger charge is -2.22. The summed E-state index contributed by atoms with van der Waals surface area (Å²) in [7, 11) is 0. The fourth-order valence-electron chi connectivity index (χ4n) is 2.61. The lowest BCUT2D eigenvalue weighted by Crippen LogP contribution is -2.38. The molecule has 1 aliphatic heterocycles. The smallest absolute Gasteiger partial charge is 0.0132 e. The van der Waals surface area contributed by atoms with Crippen LogP contribution in [-0.4, -0.2) is 48.1 Å². The van der Waals surface area contributed by atoms with E-state index in [1.807, 2.05) is 11.8 Å². The van der Waals surface area contributed by atoms with Crippen LogP contribution in [0.5, 0.6) is 0 Å². The van der Waals surface area contributed by atoms with Gasteiger partial charge in [0.15, 0.2) is 0 Å². The van der Waals surface area contributed by atoms with E-state index in [0.717, 1.165) is 6.04 Å². The molecule has 0 bridgehead atoms. The summed E-state index contributed by atoms with van der Waals surface area (Å²) in [5, 5.41) is 3.81. The molecule has 17 heavy (non-hydrogen) atoms. The van der Waals surface area contributed by atoms with E-state index in [4.69, 9.17) is 0 Å². The highest BCUT2D eigenvalue weighted by Gasteiger charge is 2.17. The van der Waals surface area contributed by atoms with Gasteiger partial charge in [-0.05, 0) is 58.0 Å². The third-order valence-corrected chi connectivity index (χ3v) is 4.60. The maximum atomic E-state index is 3.81. The summed E-state index contributed by atoms with van der Waals surface area (Å²) in [6.45, 7) is 10.7. The second-order valence-corrected chi connectivity index (χ2v) is 6.52. The monoisotopic (exact) mass is 258 g/mol. The van der Waals surface area contributed by atoms with Crippen molar-refractivity contribution in [1.82, 2.24) is 10.2 Å². The van der Waals surface area contributed by atoms with Crippen LogP contribution in [0.1, 0.15) is 46.5 Å².